The molecule has 2 aromatic carbocycles. The Morgan fingerprint density at radius 1 is 1.16 bits per heavy atom. The van der Waals surface area contributed by atoms with E-state index in [0.717, 1.165) is 23.9 Å². The van der Waals surface area contributed by atoms with Gasteiger partial charge in [0.05, 0.1) is 11.1 Å². The summed E-state index contributed by atoms with van der Waals surface area (Å²) in [5, 5.41) is 12.8. The number of nitrogens with one attached hydrogen (secondary N) is 1. The molecule has 10 heteroatoms. The Morgan fingerprint density at radius 2 is 2.00 bits per heavy atom. The summed E-state index contributed by atoms with van der Waals surface area (Å²) in [4.78, 5) is 4.64. The van der Waals surface area contributed by atoms with Crippen LogP contribution in [-0.2, 0) is 10.9 Å². The third-order valence-corrected chi connectivity index (χ3v) is 4.97. The molecule has 0 fully saturated rings. The Balaban J connectivity index is 1.81. The van der Waals surface area contributed by atoms with E-state index in [1.54, 1.807) is 24.3 Å². The van der Waals surface area contributed by atoms with Crippen molar-refractivity contribution >= 4 is 34.0 Å². The molecule has 0 spiro atoms. The molecule has 31 heavy (non-hydrogen) atoms. The minimum absolute atomic E-state index is 0.264. The van der Waals surface area contributed by atoms with Crippen molar-refractivity contribution in [3.63, 3.8) is 0 Å². The van der Waals surface area contributed by atoms with E-state index in [9.17, 15) is 13.2 Å². The first-order valence-electron chi connectivity index (χ1n) is 9.72. The molecule has 0 atom stereocenters. The van der Waals surface area contributed by atoms with Gasteiger partial charge in [-0.25, -0.2) is 4.98 Å². The van der Waals surface area contributed by atoms with Gasteiger partial charge >= 0.3 is 6.18 Å². The first-order valence-corrected chi connectivity index (χ1v) is 10.1. The fraction of sp³-hybridized carbons (Fsp3) is 0.286. The fourth-order valence-corrected chi connectivity index (χ4v) is 3.45. The number of halogens is 4. The van der Waals surface area contributed by atoms with E-state index in [1.807, 2.05) is 6.92 Å². The first kappa shape index (κ1) is 21.3. The molecule has 2 aromatic heterocycles. The average Bonchev–Trinajstić information content (AvgIpc) is 3.17. The molecule has 1 N–H and O–H groups in total. The quantitative estimate of drug-likeness (QED) is 0.380. The molecule has 0 amide bonds. The summed E-state index contributed by atoms with van der Waals surface area (Å²) in [6, 6.07) is 10.2. The molecular formula is C21H19ClF3N5O. The van der Waals surface area contributed by atoms with Crippen molar-refractivity contribution in [2.45, 2.75) is 19.5 Å². The summed E-state index contributed by atoms with van der Waals surface area (Å²) in [6.45, 7) is 3.78. The predicted molar refractivity (Wildman–Crippen MR) is 113 cm³/mol. The maximum atomic E-state index is 13.2. The predicted octanol–water partition coefficient (Wildman–Crippen LogP) is 5.46. The second-order valence-electron chi connectivity index (χ2n) is 6.85. The molecule has 0 radical (unpaired) electrons. The largest absolute Gasteiger partial charge is 0.416 e. The molecule has 0 saturated carbocycles. The molecular weight excluding hydrogens is 431 g/mol. The molecule has 0 saturated heterocycles. The summed E-state index contributed by atoms with van der Waals surface area (Å²) in [6.07, 6.45) is -3.69. The monoisotopic (exact) mass is 449 g/mol. The van der Waals surface area contributed by atoms with Crippen LogP contribution in [-0.4, -0.2) is 39.6 Å². The molecule has 6 nitrogen and oxygen atoms in total. The van der Waals surface area contributed by atoms with Gasteiger partial charge in [-0.2, -0.15) is 17.7 Å². The van der Waals surface area contributed by atoms with Crippen molar-refractivity contribution < 1.29 is 17.9 Å². The fourth-order valence-electron chi connectivity index (χ4n) is 3.28. The summed E-state index contributed by atoms with van der Waals surface area (Å²) in [7, 11) is 0. The van der Waals surface area contributed by atoms with Crippen LogP contribution < -0.4 is 5.32 Å². The maximum Gasteiger partial charge on any atom is 0.416 e. The smallest absolute Gasteiger partial charge is 0.382 e. The number of alkyl halides is 3. The zero-order chi connectivity index (χ0) is 22.0. The van der Waals surface area contributed by atoms with Crippen molar-refractivity contribution in [2.24, 2.45) is 0 Å². The highest BCUT2D eigenvalue weighted by atomic mass is 35.5. The van der Waals surface area contributed by atoms with Gasteiger partial charge < -0.3 is 10.1 Å². The van der Waals surface area contributed by atoms with Gasteiger partial charge in [0, 0.05) is 35.7 Å². The number of hydrogen-bond acceptors (Lipinski definition) is 5. The van der Waals surface area contributed by atoms with Crippen LogP contribution >= 0.6 is 11.6 Å². The summed E-state index contributed by atoms with van der Waals surface area (Å²) in [5.74, 6) is 0.553. The topological polar surface area (TPSA) is 64.3 Å². The third-order valence-electron chi connectivity index (χ3n) is 4.73. The molecule has 0 aliphatic carbocycles. The van der Waals surface area contributed by atoms with Crippen LogP contribution in [0.4, 0.5) is 19.0 Å². The number of anilines is 1. The van der Waals surface area contributed by atoms with Crippen LogP contribution in [0.1, 0.15) is 18.9 Å². The van der Waals surface area contributed by atoms with Gasteiger partial charge in [0.2, 0.25) is 0 Å². The lowest BCUT2D eigenvalue weighted by Gasteiger charge is -2.11. The van der Waals surface area contributed by atoms with Crippen LogP contribution in [0.3, 0.4) is 0 Å². The summed E-state index contributed by atoms with van der Waals surface area (Å²) < 4.78 is 46.4. The van der Waals surface area contributed by atoms with Gasteiger partial charge in [0.15, 0.2) is 5.65 Å². The highest BCUT2D eigenvalue weighted by molar-refractivity contribution is 6.31. The molecule has 0 aliphatic rings. The molecule has 0 aliphatic heterocycles. The van der Waals surface area contributed by atoms with Crippen LogP contribution in [0.2, 0.25) is 5.02 Å². The number of fused-ring (bicyclic) bond motifs is 3. The lowest BCUT2D eigenvalue weighted by Crippen LogP contribution is -2.09. The number of hydrogen-bond donors (Lipinski definition) is 1. The van der Waals surface area contributed by atoms with E-state index in [1.165, 1.54) is 10.6 Å². The Hall–Kier alpha value is -2.91. The minimum Gasteiger partial charge on any atom is -0.382 e. The lowest BCUT2D eigenvalue weighted by molar-refractivity contribution is -0.137. The molecule has 4 rings (SSSR count). The number of benzene rings is 2. The normalized spacial score (nSPS) is 12.0. The van der Waals surface area contributed by atoms with Crippen molar-refractivity contribution in [1.82, 2.24) is 19.8 Å². The van der Waals surface area contributed by atoms with Gasteiger partial charge in [-0.05, 0) is 43.7 Å². The number of rotatable bonds is 7. The highest BCUT2D eigenvalue weighted by Gasteiger charge is 2.31. The lowest BCUT2D eigenvalue weighted by atomic mass is 10.1. The Labute approximate surface area is 181 Å². The third kappa shape index (κ3) is 4.42. The van der Waals surface area contributed by atoms with Gasteiger partial charge in [0.25, 0.3) is 0 Å². The highest BCUT2D eigenvalue weighted by Crippen LogP contribution is 2.34. The minimum atomic E-state index is -4.46. The van der Waals surface area contributed by atoms with E-state index in [2.05, 4.69) is 20.6 Å². The first-order chi connectivity index (χ1) is 14.9. The van der Waals surface area contributed by atoms with Gasteiger partial charge in [-0.15, -0.1) is 5.10 Å². The zero-order valence-electron chi connectivity index (χ0n) is 16.6. The van der Waals surface area contributed by atoms with E-state index >= 15 is 0 Å². The number of nitrogens with zero attached hydrogens (tertiary/aromatic N) is 4. The number of ether oxygens (including phenoxy) is 1. The zero-order valence-corrected chi connectivity index (χ0v) is 17.3. The SMILES string of the molecule is CCOCCCNc1nc2c(-c3cccc(C(F)(F)F)c3)nnn2c2ccc(Cl)cc12. The van der Waals surface area contributed by atoms with E-state index < -0.39 is 11.7 Å². The summed E-state index contributed by atoms with van der Waals surface area (Å²) >= 11 is 6.18. The molecule has 4 aromatic rings. The van der Waals surface area contributed by atoms with Gasteiger partial charge in [0.1, 0.15) is 11.5 Å². The summed E-state index contributed by atoms with van der Waals surface area (Å²) in [5.41, 5.74) is 0.829. The molecule has 162 valence electrons. The molecule has 2 heterocycles. The van der Waals surface area contributed by atoms with Crippen LogP contribution in [0.25, 0.3) is 27.8 Å². The molecule has 0 unspecified atom stereocenters. The molecule has 0 bridgehead atoms. The Kier molecular flexibility index (Phi) is 5.97. The van der Waals surface area contributed by atoms with Gasteiger partial charge in [-0.1, -0.05) is 28.9 Å². The van der Waals surface area contributed by atoms with Crippen molar-refractivity contribution in [3.05, 3.63) is 53.1 Å². The van der Waals surface area contributed by atoms with E-state index in [0.29, 0.717) is 41.8 Å². The maximum absolute atomic E-state index is 13.2. The Bertz CT molecular complexity index is 1230. The Morgan fingerprint density at radius 3 is 2.77 bits per heavy atom. The van der Waals surface area contributed by atoms with E-state index in [4.69, 9.17) is 16.3 Å². The number of aromatic nitrogens is 4. The average molecular weight is 450 g/mol. The van der Waals surface area contributed by atoms with Crippen molar-refractivity contribution in [2.75, 3.05) is 25.1 Å². The second kappa shape index (κ2) is 8.68. The van der Waals surface area contributed by atoms with Crippen molar-refractivity contribution in [3.8, 4) is 11.3 Å². The standard InChI is InChI=1S/C21H19ClF3N5O/c1-2-31-10-4-9-26-19-16-12-15(22)7-8-17(16)30-20(27-19)18(28-29-30)13-5-3-6-14(11-13)21(23,24)25/h3,5-8,11-12H,2,4,9-10H2,1H3,(H,26,27). The van der Waals surface area contributed by atoms with Crippen LogP contribution in [0, 0.1) is 0 Å². The second-order valence-corrected chi connectivity index (χ2v) is 7.29. The van der Waals surface area contributed by atoms with E-state index in [-0.39, 0.29) is 11.3 Å². The van der Waals surface area contributed by atoms with Crippen LogP contribution in [0.5, 0.6) is 0 Å². The van der Waals surface area contributed by atoms with Gasteiger partial charge in [-0.3, -0.25) is 0 Å². The van der Waals surface area contributed by atoms with Crippen molar-refractivity contribution in [1.29, 1.82) is 0 Å². The van der Waals surface area contributed by atoms with Crippen LogP contribution in [0.15, 0.2) is 42.5 Å².